The molecule has 1 heterocycles. The predicted molar refractivity (Wildman–Crippen MR) is 62.9 cm³/mol. The van der Waals surface area contributed by atoms with Crippen LogP contribution >= 0.6 is 0 Å². The van der Waals surface area contributed by atoms with Gasteiger partial charge in [0, 0.05) is 13.1 Å². The number of hydrogen-bond acceptors (Lipinski definition) is 2. The van der Waals surface area contributed by atoms with Gasteiger partial charge >= 0.3 is 0 Å². The number of halogens is 1. The number of aliphatic imine (C=N–C) groups is 1. The number of benzene rings is 1. The Morgan fingerprint density at radius 2 is 2.00 bits per heavy atom. The number of rotatable bonds is 1. The Bertz CT molecular complexity index is 410. The zero-order valence-corrected chi connectivity index (χ0v) is 8.99. The third-order valence-electron chi connectivity index (χ3n) is 2.65. The van der Waals surface area contributed by atoms with Crippen LogP contribution in [0.25, 0.3) is 0 Å². The van der Waals surface area contributed by atoms with Crippen molar-refractivity contribution in [2.24, 2.45) is 10.7 Å². The molecule has 5 heteroatoms. The van der Waals surface area contributed by atoms with Crippen LogP contribution in [0.3, 0.4) is 0 Å². The van der Waals surface area contributed by atoms with Crippen LogP contribution in [0.2, 0.25) is 0 Å². The van der Waals surface area contributed by atoms with Crippen molar-refractivity contribution in [1.29, 1.82) is 0 Å². The first-order chi connectivity index (χ1) is 7.66. The normalized spacial score (nSPS) is 16.8. The Hall–Kier alpha value is -1.78. The second-order valence-corrected chi connectivity index (χ2v) is 3.87. The molecule has 0 atom stereocenters. The average molecular weight is 222 g/mol. The molecular weight excluding hydrogens is 207 g/mol. The SMILES string of the molecule is NC(=Nc1ccc(F)c(N)c1)N1CCCC1. The molecule has 0 spiro atoms. The third-order valence-corrected chi connectivity index (χ3v) is 2.65. The van der Waals surface area contributed by atoms with Crippen molar-refractivity contribution < 1.29 is 4.39 Å². The summed E-state index contributed by atoms with van der Waals surface area (Å²) in [6.07, 6.45) is 2.28. The molecule has 0 aromatic heterocycles. The molecule has 4 N–H and O–H groups in total. The van der Waals surface area contributed by atoms with Crippen LogP contribution in [0.5, 0.6) is 0 Å². The first-order valence-electron chi connectivity index (χ1n) is 5.31. The van der Waals surface area contributed by atoms with E-state index >= 15 is 0 Å². The van der Waals surface area contributed by atoms with Gasteiger partial charge in [-0.15, -0.1) is 0 Å². The Labute approximate surface area is 93.8 Å². The van der Waals surface area contributed by atoms with Crippen molar-refractivity contribution in [2.75, 3.05) is 18.8 Å². The minimum Gasteiger partial charge on any atom is -0.396 e. The fraction of sp³-hybridized carbons (Fsp3) is 0.364. The Morgan fingerprint density at radius 3 is 2.62 bits per heavy atom. The Morgan fingerprint density at radius 1 is 1.31 bits per heavy atom. The molecule has 4 nitrogen and oxygen atoms in total. The number of anilines is 1. The lowest BCUT2D eigenvalue weighted by molar-refractivity contribution is 0.513. The van der Waals surface area contributed by atoms with E-state index in [0.29, 0.717) is 11.6 Å². The third kappa shape index (κ3) is 2.24. The minimum atomic E-state index is -0.432. The van der Waals surface area contributed by atoms with Gasteiger partial charge < -0.3 is 16.4 Å². The summed E-state index contributed by atoms with van der Waals surface area (Å²) in [5, 5.41) is 0. The van der Waals surface area contributed by atoms with Crippen molar-refractivity contribution >= 4 is 17.3 Å². The molecule has 0 aliphatic carbocycles. The average Bonchev–Trinajstić information content (AvgIpc) is 2.77. The lowest BCUT2D eigenvalue weighted by atomic mass is 10.3. The van der Waals surface area contributed by atoms with E-state index in [1.165, 1.54) is 12.1 Å². The molecule has 1 aromatic rings. The van der Waals surface area contributed by atoms with Crippen LogP contribution in [0.4, 0.5) is 15.8 Å². The molecule has 16 heavy (non-hydrogen) atoms. The zero-order chi connectivity index (χ0) is 11.5. The Balaban J connectivity index is 2.17. The number of hydrogen-bond donors (Lipinski definition) is 2. The largest absolute Gasteiger partial charge is 0.396 e. The van der Waals surface area contributed by atoms with Crippen LogP contribution in [-0.4, -0.2) is 23.9 Å². The molecule has 86 valence electrons. The molecule has 1 saturated heterocycles. The summed E-state index contributed by atoms with van der Waals surface area (Å²) in [7, 11) is 0. The van der Waals surface area contributed by atoms with E-state index in [1.54, 1.807) is 6.07 Å². The summed E-state index contributed by atoms with van der Waals surface area (Å²) in [6.45, 7) is 1.87. The molecule has 0 unspecified atom stereocenters. The van der Waals surface area contributed by atoms with E-state index in [1.807, 2.05) is 4.90 Å². The van der Waals surface area contributed by atoms with E-state index in [0.717, 1.165) is 25.9 Å². The van der Waals surface area contributed by atoms with Crippen molar-refractivity contribution in [3.8, 4) is 0 Å². The first kappa shape index (κ1) is 10.7. The fourth-order valence-electron chi connectivity index (χ4n) is 1.75. The molecular formula is C11H15FN4. The van der Waals surface area contributed by atoms with E-state index in [-0.39, 0.29) is 5.69 Å². The van der Waals surface area contributed by atoms with Gasteiger partial charge in [-0.3, -0.25) is 0 Å². The van der Waals surface area contributed by atoms with Crippen molar-refractivity contribution in [1.82, 2.24) is 4.90 Å². The predicted octanol–water partition coefficient (Wildman–Crippen LogP) is 1.45. The van der Waals surface area contributed by atoms with Crippen molar-refractivity contribution in [2.45, 2.75) is 12.8 Å². The zero-order valence-electron chi connectivity index (χ0n) is 8.99. The second-order valence-electron chi connectivity index (χ2n) is 3.87. The molecule has 0 amide bonds. The molecule has 0 bridgehead atoms. The molecule has 0 radical (unpaired) electrons. The maximum absolute atomic E-state index is 12.9. The highest BCUT2D eigenvalue weighted by Gasteiger charge is 2.13. The van der Waals surface area contributed by atoms with Crippen molar-refractivity contribution in [3.63, 3.8) is 0 Å². The monoisotopic (exact) mass is 222 g/mol. The molecule has 1 aromatic carbocycles. The molecule has 2 rings (SSSR count). The van der Waals surface area contributed by atoms with Gasteiger partial charge in [-0.2, -0.15) is 0 Å². The summed E-state index contributed by atoms with van der Waals surface area (Å²) in [5.41, 5.74) is 12.0. The number of guanidine groups is 1. The maximum Gasteiger partial charge on any atom is 0.196 e. The smallest absolute Gasteiger partial charge is 0.196 e. The van der Waals surface area contributed by atoms with E-state index < -0.39 is 5.82 Å². The van der Waals surface area contributed by atoms with Crippen LogP contribution < -0.4 is 11.5 Å². The fourth-order valence-corrected chi connectivity index (χ4v) is 1.75. The van der Waals surface area contributed by atoms with E-state index in [2.05, 4.69) is 4.99 Å². The van der Waals surface area contributed by atoms with Gasteiger partial charge in [0.1, 0.15) is 5.82 Å². The maximum atomic E-state index is 12.9. The highest BCUT2D eigenvalue weighted by Crippen LogP contribution is 2.19. The van der Waals surface area contributed by atoms with Gasteiger partial charge in [0.2, 0.25) is 0 Å². The lowest BCUT2D eigenvalue weighted by Gasteiger charge is -2.15. The van der Waals surface area contributed by atoms with Gasteiger partial charge in [0.15, 0.2) is 5.96 Å². The van der Waals surface area contributed by atoms with Gasteiger partial charge in [-0.1, -0.05) is 0 Å². The van der Waals surface area contributed by atoms with Gasteiger partial charge in [0.25, 0.3) is 0 Å². The van der Waals surface area contributed by atoms with Crippen molar-refractivity contribution in [3.05, 3.63) is 24.0 Å². The lowest BCUT2D eigenvalue weighted by Crippen LogP contribution is -2.34. The standard InChI is InChI=1S/C11H15FN4/c12-9-4-3-8(7-10(9)13)15-11(14)16-5-1-2-6-16/h3-4,7H,1-2,5-6,13H2,(H2,14,15). The number of nitrogens with two attached hydrogens (primary N) is 2. The summed E-state index contributed by atoms with van der Waals surface area (Å²) in [6, 6.07) is 4.35. The van der Waals surface area contributed by atoms with Crippen LogP contribution in [0, 0.1) is 5.82 Å². The molecule has 1 aliphatic rings. The molecule has 1 aliphatic heterocycles. The van der Waals surface area contributed by atoms with Crippen LogP contribution in [0.1, 0.15) is 12.8 Å². The summed E-state index contributed by atoms with van der Waals surface area (Å²) >= 11 is 0. The van der Waals surface area contributed by atoms with Gasteiger partial charge in [0.05, 0.1) is 11.4 Å². The first-order valence-corrected chi connectivity index (χ1v) is 5.31. The number of likely N-dealkylation sites (tertiary alicyclic amines) is 1. The van der Waals surface area contributed by atoms with Crippen LogP contribution in [0.15, 0.2) is 23.2 Å². The van der Waals surface area contributed by atoms with Gasteiger partial charge in [-0.25, -0.2) is 9.38 Å². The molecule has 1 fully saturated rings. The summed E-state index contributed by atoms with van der Waals surface area (Å²) in [4.78, 5) is 6.23. The summed E-state index contributed by atoms with van der Waals surface area (Å²) in [5.74, 6) is 0.0437. The number of nitrogens with zero attached hydrogens (tertiary/aromatic N) is 2. The number of nitrogen functional groups attached to an aromatic ring is 1. The Kier molecular flexibility index (Phi) is 2.94. The quantitative estimate of drug-likeness (QED) is 0.429. The van der Waals surface area contributed by atoms with E-state index in [9.17, 15) is 4.39 Å². The van der Waals surface area contributed by atoms with E-state index in [4.69, 9.17) is 11.5 Å². The summed E-state index contributed by atoms with van der Waals surface area (Å²) < 4.78 is 12.9. The van der Waals surface area contributed by atoms with Gasteiger partial charge in [-0.05, 0) is 31.0 Å². The minimum absolute atomic E-state index is 0.0930. The molecule has 0 saturated carbocycles. The highest BCUT2D eigenvalue weighted by atomic mass is 19.1. The highest BCUT2D eigenvalue weighted by molar-refractivity contribution is 5.81. The second kappa shape index (κ2) is 4.38. The van der Waals surface area contributed by atoms with Crippen LogP contribution in [-0.2, 0) is 0 Å². The topological polar surface area (TPSA) is 67.6 Å².